The van der Waals surface area contributed by atoms with E-state index in [0.29, 0.717) is 26.6 Å². The van der Waals surface area contributed by atoms with Crippen LogP contribution in [-0.2, 0) is 12.1 Å². The van der Waals surface area contributed by atoms with Crippen LogP contribution in [0.3, 0.4) is 0 Å². The summed E-state index contributed by atoms with van der Waals surface area (Å²) in [6, 6.07) is 5.08. The third-order valence-electron chi connectivity index (χ3n) is 3.44. The molecule has 0 spiro atoms. The van der Waals surface area contributed by atoms with E-state index in [1.54, 1.807) is 30.9 Å². The maximum atomic E-state index is 11.1. The largest absolute Gasteiger partial charge is 0.375 e. The lowest BCUT2D eigenvalue weighted by atomic mass is 9.91. The SMILES string of the molecule is CC1=C(Br)C(O)(c2ccc(Cl)cc2Cl)C[n+]2cncn21. The maximum absolute atomic E-state index is 11.1. The normalized spacial score (nSPS) is 22.1. The van der Waals surface area contributed by atoms with Gasteiger partial charge in [-0.3, -0.25) is 0 Å². The molecule has 1 aliphatic rings. The monoisotopic (exact) mass is 374 g/mol. The van der Waals surface area contributed by atoms with Crippen LogP contribution in [0.4, 0.5) is 0 Å². The molecule has 3 rings (SSSR count). The summed E-state index contributed by atoms with van der Waals surface area (Å²) >= 11 is 15.7. The molecule has 0 saturated carbocycles. The summed E-state index contributed by atoms with van der Waals surface area (Å²) in [6.07, 6.45) is 3.36. The van der Waals surface area contributed by atoms with Crippen LogP contribution in [0, 0.1) is 0 Å². The Balaban J connectivity index is 2.20. The van der Waals surface area contributed by atoms with E-state index in [9.17, 15) is 5.11 Å². The van der Waals surface area contributed by atoms with Crippen LogP contribution in [0.2, 0.25) is 10.0 Å². The Morgan fingerprint density at radius 3 is 2.90 bits per heavy atom. The van der Waals surface area contributed by atoms with Crippen molar-refractivity contribution in [2.75, 3.05) is 0 Å². The first-order valence-electron chi connectivity index (χ1n) is 5.90. The number of allylic oxidation sites excluding steroid dienone is 1. The van der Waals surface area contributed by atoms with Crippen LogP contribution in [0.15, 0.2) is 35.3 Å². The smallest absolute Gasteiger partial charge is 0.307 e. The topological polar surface area (TPSA) is 41.9 Å². The first-order chi connectivity index (χ1) is 9.43. The van der Waals surface area contributed by atoms with E-state index in [-0.39, 0.29) is 0 Å². The minimum atomic E-state index is -1.24. The summed E-state index contributed by atoms with van der Waals surface area (Å²) < 4.78 is 4.35. The Hall–Kier alpha value is -0.880. The zero-order valence-corrected chi connectivity index (χ0v) is 13.6. The van der Waals surface area contributed by atoms with E-state index in [1.807, 2.05) is 16.3 Å². The highest BCUT2D eigenvalue weighted by molar-refractivity contribution is 9.11. The molecule has 1 unspecified atom stereocenters. The predicted octanol–water partition coefficient (Wildman–Crippen LogP) is 2.96. The number of rotatable bonds is 1. The van der Waals surface area contributed by atoms with Crippen LogP contribution in [0.5, 0.6) is 0 Å². The summed E-state index contributed by atoms with van der Waals surface area (Å²) in [5, 5.41) is 12.1. The zero-order chi connectivity index (χ0) is 14.5. The number of hydrogen-bond donors (Lipinski definition) is 1. The molecule has 0 radical (unpaired) electrons. The predicted molar refractivity (Wildman–Crippen MR) is 80.6 cm³/mol. The third-order valence-corrected chi connectivity index (χ3v) is 5.22. The summed E-state index contributed by atoms with van der Waals surface area (Å²) in [5.41, 5.74) is 0.212. The van der Waals surface area contributed by atoms with Crippen molar-refractivity contribution in [3.63, 3.8) is 0 Å². The lowest BCUT2D eigenvalue weighted by molar-refractivity contribution is -0.779. The van der Waals surface area contributed by atoms with Crippen molar-refractivity contribution < 1.29 is 9.79 Å². The van der Waals surface area contributed by atoms with E-state index in [0.717, 1.165) is 5.70 Å². The third kappa shape index (κ3) is 2.00. The Morgan fingerprint density at radius 1 is 1.45 bits per heavy atom. The van der Waals surface area contributed by atoms with Crippen LogP contribution in [0.1, 0.15) is 12.5 Å². The molecule has 0 aliphatic carbocycles. The highest BCUT2D eigenvalue weighted by Crippen LogP contribution is 2.42. The number of nitrogens with zero attached hydrogens (tertiary/aromatic N) is 3. The van der Waals surface area contributed by atoms with E-state index in [4.69, 9.17) is 23.2 Å². The molecule has 0 bridgehead atoms. The van der Waals surface area contributed by atoms with E-state index < -0.39 is 5.60 Å². The van der Waals surface area contributed by atoms with Crippen molar-refractivity contribution in [3.05, 3.63) is 50.9 Å². The highest BCUT2D eigenvalue weighted by atomic mass is 79.9. The average molecular weight is 376 g/mol. The van der Waals surface area contributed by atoms with Crippen molar-refractivity contribution >= 4 is 44.8 Å². The molecular weight excluding hydrogens is 365 g/mol. The van der Waals surface area contributed by atoms with Gasteiger partial charge in [0.1, 0.15) is 6.54 Å². The van der Waals surface area contributed by atoms with Gasteiger partial charge in [0, 0.05) is 15.6 Å². The Bertz CT molecular complexity index is 728. The van der Waals surface area contributed by atoms with E-state index >= 15 is 0 Å². The van der Waals surface area contributed by atoms with Crippen molar-refractivity contribution in [2.45, 2.75) is 19.1 Å². The summed E-state index contributed by atoms with van der Waals surface area (Å²) in [7, 11) is 0. The fourth-order valence-corrected chi connectivity index (χ4v) is 3.51. The molecule has 2 heterocycles. The van der Waals surface area contributed by atoms with Crippen LogP contribution >= 0.6 is 39.1 Å². The van der Waals surface area contributed by atoms with Gasteiger partial charge in [-0.25, -0.2) is 0 Å². The minimum Gasteiger partial charge on any atom is -0.375 e. The Labute approximate surface area is 134 Å². The lowest BCUT2D eigenvalue weighted by Crippen LogP contribution is -2.54. The molecule has 1 atom stereocenters. The van der Waals surface area contributed by atoms with Gasteiger partial charge >= 0.3 is 6.33 Å². The highest BCUT2D eigenvalue weighted by Gasteiger charge is 2.43. The van der Waals surface area contributed by atoms with E-state index in [2.05, 4.69) is 20.9 Å². The van der Waals surface area contributed by atoms with Crippen molar-refractivity contribution in [2.24, 2.45) is 0 Å². The van der Waals surface area contributed by atoms with Crippen molar-refractivity contribution in [1.29, 1.82) is 0 Å². The van der Waals surface area contributed by atoms with Gasteiger partial charge < -0.3 is 5.11 Å². The number of aromatic nitrogens is 3. The number of halogens is 3. The molecule has 0 saturated heterocycles. The van der Waals surface area contributed by atoms with Crippen molar-refractivity contribution in [3.8, 4) is 0 Å². The van der Waals surface area contributed by atoms with Gasteiger partial charge in [-0.05, 0) is 40.0 Å². The molecule has 4 nitrogen and oxygen atoms in total. The number of benzene rings is 1. The molecule has 1 N–H and O–H groups in total. The average Bonchev–Trinajstić information content (AvgIpc) is 2.84. The van der Waals surface area contributed by atoms with Crippen LogP contribution in [0.25, 0.3) is 5.70 Å². The van der Waals surface area contributed by atoms with Crippen LogP contribution in [-0.4, -0.2) is 14.8 Å². The minimum absolute atomic E-state index is 0.312. The Kier molecular flexibility index (Phi) is 3.41. The van der Waals surface area contributed by atoms with E-state index in [1.165, 1.54) is 0 Å². The zero-order valence-electron chi connectivity index (χ0n) is 10.5. The van der Waals surface area contributed by atoms with Crippen LogP contribution < -0.4 is 4.68 Å². The van der Waals surface area contributed by atoms with Gasteiger partial charge in [0.25, 0.3) is 0 Å². The fourth-order valence-electron chi connectivity index (χ4n) is 2.42. The molecular formula is C13H11BrCl2N3O+. The first-order valence-corrected chi connectivity index (χ1v) is 7.45. The molecule has 0 amide bonds. The van der Waals surface area contributed by atoms with Crippen molar-refractivity contribution in [1.82, 2.24) is 9.67 Å². The molecule has 0 fully saturated rings. The summed E-state index contributed by atoms with van der Waals surface area (Å²) in [5.74, 6) is 0. The van der Waals surface area contributed by atoms with Gasteiger partial charge in [-0.1, -0.05) is 29.3 Å². The maximum Gasteiger partial charge on any atom is 0.307 e. The molecule has 1 aromatic heterocycles. The Morgan fingerprint density at radius 2 is 2.20 bits per heavy atom. The van der Waals surface area contributed by atoms with Gasteiger partial charge in [0.15, 0.2) is 5.60 Å². The number of hydrogen-bond acceptors (Lipinski definition) is 2. The lowest BCUT2D eigenvalue weighted by Gasteiger charge is -2.32. The first kappa shape index (κ1) is 14.1. The number of aliphatic hydroxyl groups is 1. The van der Waals surface area contributed by atoms with Gasteiger partial charge in [0.05, 0.1) is 10.2 Å². The molecule has 1 aromatic carbocycles. The molecule has 104 valence electrons. The second-order valence-corrected chi connectivity index (χ2v) is 6.34. The summed E-state index contributed by atoms with van der Waals surface area (Å²) in [6.45, 7) is 2.21. The fraction of sp³-hybridized carbons (Fsp3) is 0.231. The quantitative estimate of drug-likeness (QED) is 0.778. The molecule has 1 aliphatic heterocycles. The molecule has 2 aromatic rings. The standard InChI is InChI=1S/C13H11BrCl2N3O/c1-8-12(14)13(20,5-18-6-17-7-19(8)18)10-3-2-9(15)4-11(10)16/h2-4,6-7,20H,5H2,1H3/q+1. The second-order valence-electron chi connectivity index (χ2n) is 4.71. The van der Waals surface area contributed by atoms with Gasteiger partial charge in [-0.2, -0.15) is 4.68 Å². The van der Waals surface area contributed by atoms with Gasteiger partial charge in [0.2, 0.25) is 6.33 Å². The molecule has 20 heavy (non-hydrogen) atoms. The second kappa shape index (κ2) is 4.84. The molecule has 7 heteroatoms. The summed E-state index contributed by atoms with van der Waals surface area (Å²) in [4.78, 5) is 4.09. The number of fused-ring (bicyclic) bond motifs is 1. The van der Waals surface area contributed by atoms with Gasteiger partial charge in [-0.15, -0.1) is 4.68 Å².